The van der Waals surface area contributed by atoms with E-state index >= 15 is 0 Å². The molecule has 4 rings (SSSR count). The van der Waals surface area contributed by atoms with E-state index in [4.69, 9.17) is 0 Å². The summed E-state index contributed by atoms with van der Waals surface area (Å²) in [6.45, 7) is 4.10. The highest BCUT2D eigenvalue weighted by atomic mass is 16.2. The second-order valence-corrected chi connectivity index (χ2v) is 9.57. The van der Waals surface area contributed by atoms with Crippen LogP contribution in [0.15, 0.2) is 24.3 Å². The molecule has 1 aliphatic carbocycles. The zero-order chi connectivity index (χ0) is 22.4. The SMILES string of the molecule is O=C(CCCN1C(=O)NC2(CCCC2)C1=O)NCc1cccc(CN2CCCCCC2)c1. The third-order valence-corrected chi connectivity index (χ3v) is 7.07. The number of rotatable bonds is 8. The highest BCUT2D eigenvalue weighted by Gasteiger charge is 2.52. The van der Waals surface area contributed by atoms with Crippen molar-refractivity contribution in [1.82, 2.24) is 20.4 Å². The van der Waals surface area contributed by atoms with Crippen molar-refractivity contribution in [2.75, 3.05) is 19.6 Å². The fourth-order valence-electron chi connectivity index (χ4n) is 5.27. The molecule has 4 amide bonds. The largest absolute Gasteiger partial charge is 0.352 e. The van der Waals surface area contributed by atoms with Gasteiger partial charge in [0.05, 0.1) is 0 Å². The summed E-state index contributed by atoms with van der Waals surface area (Å²) >= 11 is 0. The molecule has 7 nitrogen and oxygen atoms in total. The fraction of sp³-hybridized carbons (Fsp3) is 0.640. The van der Waals surface area contributed by atoms with Crippen LogP contribution < -0.4 is 10.6 Å². The molecule has 1 spiro atoms. The zero-order valence-corrected chi connectivity index (χ0v) is 19.0. The van der Waals surface area contributed by atoms with Gasteiger partial charge in [0.2, 0.25) is 5.91 Å². The van der Waals surface area contributed by atoms with Gasteiger partial charge in [0.1, 0.15) is 5.54 Å². The van der Waals surface area contributed by atoms with Crippen LogP contribution in [0.25, 0.3) is 0 Å². The molecule has 2 N–H and O–H groups in total. The van der Waals surface area contributed by atoms with E-state index in [-0.39, 0.29) is 17.8 Å². The average molecular weight is 441 g/mol. The fourth-order valence-corrected chi connectivity index (χ4v) is 5.27. The van der Waals surface area contributed by atoms with Crippen molar-refractivity contribution in [1.29, 1.82) is 0 Å². The van der Waals surface area contributed by atoms with Crippen LogP contribution in [0.5, 0.6) is 0 Å². The summed E-state index contributed by atoms with van der Waals surface area (Å²) in [6.07, 6.45) is 9.41. The minimum Gasteiger partial charge on any atom is -0.352 e. The smallest absolute Gasteiger partial charge is 0.325 e. The molecule has 0 bridgehead atoms. The van der Waals surface area contributed by atoms with Gasteiger partial charge in [0.25, 0.3) is 5.91 Å². The molecule has 3 aliphatic rings. The number of amides is 4. The molecule has 0 unspecified atom stereocenters. The number of likely N-dealkylation sites (tertiary alicyclic amines) is 1. The molecular formula is C25H36N4O3. The Labute approximate surface area is 190 Å². The van der Waals surface area contributed by atoms with Gasteiger partial charge in [-0.2, -0.15) is 0 Å². The number of urea groups is 1. The highest BCUT2D eigenvalue weighted by Crippen LogP contribution is 2.35. The summed E-state index contributed by atoms with van der Waals surface area (Å²) < 4.78 is 0. The van der Waals surface area contributed by atoms with Crippen molar-refractivity contribution in [2.45, 2.75) is 82.8 Å². The minimum absolute atomic E-state index is 0.0504. The first-order valence-corrected chi connectivity index (χ1v) is 12.3. The first kappa shape index (κ1) is 22.8. The van der Waals surface area contributed by atoms with Gasteiger partial charge in [-0.3, -0.25) is 19.4 Å². The van der Waals surface area contributed by atoms with Gasteiger partial charge >= 0.3 is 6.03 Å². The van der Waals surface area contributed by atoms with E-state index in [0.29, 0.717) is 25.9 Å². The molecule has 174 valence electrons. The predicted octanol–water partition coefficient (Wildman–Crippen LogP) is 3.32. The van der Waals surface area contributed by atoms with Gasteiger partial charge in [-0.15, -0.1) is 0 Å². The number of nitrogens with one attached hydrogen (secondary N) is 2. The van der Waals surface area contributed by atoms with Gasteiger partial charge in [-0.1, -0.05) is 49.9 Å². The van der Waals surface area contributed by atoms with Gasteiger partial charge in [-0.05, 0) is 56.3 Å². The first-order chi connectivity index (χ1) is 15.6. The summed E-state index contributed by atoms with van der Waals surface area (Å²) in [6, 6.07) is 8.13. The molecule has 1 aromatic carbocycles. The Balaban J connectivity index is 1.19. The van der Waals surface area contributed by atoms with Crippen molar-refractivity contribution in [3.8, 4) is 0 Å². The molecular weight excluding hydrogens is 404 g/mol. The van der Waals surface area contributed by atoms with Crippen molar-refractivity contribution in [2.24, 2.45) is 0 Å². The monoisotopic (exact) mass is 440 g/mol. The van der Waals surface area contributed by atoms with Crippen molar-refractivity contribution in [3.63, 3.8) is 0 Å². The Morgan fingerprint density at radius 3 is 2.47 bits per heavy atom. The van der Waals surface area contributed by atoms with E-state index in [1.54, 1.807) is 0 Å². The van der Waals surface area contributed by atoms with Crippen LogP contribution in [0.1, 0.15) is 75.3 Å². The topological polar surface area (TPSA) is 81.8 Å². The molecule has 3 fully saturated rings. The molecule has 0 radical (unpaired) electrons. The van der Waals surface area contributed by atoms with Crippen LogP contribution in [0.3, 0.4) is 0 Å². The average Bonchev–Trinajstić information content (AvgIpc) is 3.23. The zero-order valence-electron chi connectivity index (χ0n) is 19.0. The summed E-state index contributed by atoms with van der Waals surface area (Å²) in [7, 11) is 0. The molecule has 1 saturated carbocycles. The second-order valence-electron chi connectivity index (χ2n) is 9.57. The normalized spacial score (nSPS) is 21.1. The summed E-state index contributed by atoms with van der Waals surface area (Å²) in [5, 5.41) is 5.86. The number of hydrogen-bond donors (Lipinski definition) is 2. The van der Waals surface area contributed by atoms with Gasteiger partial charge < -0.3 is 10.6 Å². The lowest BCUT2D eigenvalue weighted by Crippen LogP contribution is -2.44. The van der Waals surface area contributed by atoms with Crippen LogP contribution in [-0.2, 0) is 22.7 Å². The molecule has 0 aromatic heterocycles. The molecule has 2 heterocycles. The van der Waals surface area contributed by atoms with Crippen molar-refractivity contribution in [3.05, 3.63) is 35.4 Å². The molecule has 0 atom stereocenters. The summed E-state index contributed by atoms with van der Waals surface area (Å²) in [5.74, 6) is -0.160. The van der Waals surface area contributed by atoms with E-state index in [0.717, 1.165) is 37.8 Å². The van der Waals surface area contributed by atoms with Crippen LogP contribution >= 0.6 is 0 Å². The lowest BCUT2D eigenvalue weighted by molar-refractivity contribution is -0.131. The first-order valence-electron chi connectivity index (χ1n) is 12.3. The molecule has 2 aliphatic heterocycles. The van der Waals surface area contributed by atoms with Crippen LogP contribution in [0, 0.1) is 0 Å². The standard InChI is InChI=1S/C25H36N4O3/c30-22(11-8-16-29-23(31)25(27-24(29)32)12-3-4-13-25)26-18-20-9-7-10-21(17-20)19-28-14-5-1-2-6-15-28/h7,9-10,17H,1-6,8,11-16,18-19H2,(H,26,30)(H,27,32). The Bertz CT molecular complexity index is 826. The Kier molecular flexibility index (Phi) is 7.45. The maximum atomic E-state index is 12.7. The summed E-state index contributed by atoms with van der Waals surface area (Å²) in [4.78, 5) is 41.0. The minimum atomic E-state index is -0.669. The van der Waals surface area contributed by atoms with E-state index in [1.165, 1.54) is 49.2 Å². The lowest BCUT2D eigenvalue weighted by Gasteiger charge is -2.20. The van der Waals surface area contributed by atoms with Crippen LogP contribution in [-0.4, -0.2) is 52.8 Å². The number of benzene rings is 1. The number of hydrogen-bond acceptors (Lipinski definition) is 4. The maximum absolute atomic E-state index is 12.7. The number of imide groups is 1. The molecule has 2 saturated heterocycles. The van der Waals surface area contributed by atoms with E-state index in [2.05, 4.69) is 33.7 Å². The van der Waals surface area contributed by atoms with Gasteiger partial charge in [-0.25, -0.2) is 4.79 Å². The molecule has 32 heavy (non-hydrogen) atoms. The Morgan fingerprint density at radius 2 is 1.72 bits per heavy atom. The Morgan fingerprint density at radius 1 is 1.00 bits per heavy atom. The lowest BCUT2D eigenvalue weighted by atomic mass is 9.98. The predicted molar refractivity (Wildman–Crippen MR) is 123 cm³/mol. The van der Waals surface area contributed by atoms with Gasteiger partial charge in [0.15, 0.2) is 0 Å². The van der Waals surface area contributed by atoms with Crippen LogP contribution in [0.4, 0.5) is 4.79 Å². The maximum Gasteiger partial charge on any atom is 0.325 e. The van der Waals surface area contributed by atoms with Crippen molar-refractivity contribution >= 4 is 17.8 Å². The molecule has 7 heteroatoms. The Hall–Kier alpha value is -2.41. The summed E-state index contributed by atoms with van der Waals surface area (Å²) in [5.41, 5.74) is 1.72. The second kappa shape index (κ2) is 10.5. The molecule has 1 aromatic rings. The van der Waals surface area contributed by atoms with Gasteiger partial charge in [0, 0.05) is 26.1 Å². The quantitative estimate of drug-likeness (QED) is 0.608. The number of nitrogens with zero attached hydrogens (tertiary/aromatic N) is 2. The van der Waals surface area contributed by atoms with Crippen LogP contribution in [0.2, 0.25) is 0 Å². The van der Waals surface area contributed by atoms with E-state index < -0.39 is 5.54 Å². The number of carbonyl (C=O) groups is 3. The van der Waals surface area contributed by atoms with Crippen molar-refractivity contribution < 1.29 is 14.4 Å². The highest BCUT2D eigenvalue weighted by molar-refractivity contribution is 6.07. The van der Waals surface area contributed by atoms with E-state index in [1.807, 2.05) is 6.07 Å². The third kappa shape index (κ3) is 5.49. The van der Waals surface area contributed by atoms with E-state index in [9.17, 15) is 14.4 Å². The third-order valence-electron chi connectivity index (χ3n) is 7.07. The number of carbonyl (C=O) groups excluding carboxylic acids is 3.